The first-order chi connectivity index (χ1) is 8.20. The van der Waals surface area contributed by atoms with Crippen LogP contribution in [0.2, 0.25) is 0 Å². The molecule has 19 heavy (non-hydrogen) atoms. The van der Waals surface area contributed by atoms with E-state index in [4.69, 9.17) is 10.8 Å². The maximum absolute atomic E-state index is 12.0. The van der Waals surface area contributed by atoms with Gasteiger partial charge in [0.2, 0.25) is 11.8 Å². The Balaban J connectivity index is 4.89. The Hall–Kier alpha value is -1.63. The van der Waals surface area contributed by atoms with E-state index in [-0.39, 0.29) is 0 Å². The second-order valence-corrected chi connectivity index (χ2v) is 6.19. The molecule has 0 aliphatic rings. The van der Waals surface area contributed by atoms with E-state index in [1.165, 1.54) is 41.5 Å². The number of carbonyl (C=O) groups excluding carboxylic acids is 2. The first kappa shape index (κ1) is 17.4. The van der Waals surface area contributed by atoms with Crippen molar-refractivity contribution in [2.24, 2.45) is 5.73 Å². The maximum atomic E-state index is 12.0. The van der Waals surface area contributed by atoms with E-state index in [9.17, 15) is 14.4 Å². The van der Waals surface area contributed by atoms with E-state index in [1.54, 1.807) is 0 Å². The average Bonchev–Trinajstić information content (AvgIpc) is 2.14. The number of aliphatic carboxylic acids is 1. The van der Waals surface area contributed by atoms with Gasteiger partial charge in [0.15, 0.2) is 0 Å². The van der Waals surface area contributed by atoms with Crippen LogP contribution in [0.4, 0.5) is 0 Å². The SMILES string of the molecule is CC(C)(N)C(=O)NC(C)(C)C(=O)NC(C)(C)C(=O)O. The second kappa shape index (κ2) is 5.16. The van der Waals surface area contributed by atoms with Crippen LogP contribution in [-0.2, 0) is 14.4 Å². The lowest BCUT2D eigenvalue weighted by molar-refractivity contribution is -0.147. The van der Waals surface area contributed by atoms with Crippen LogP contribution in [0.1, 0.15) is 41.5 Å². The molecule has 0 unspecified atom stereocenters. The number of carboxylic acids is 1. The van der Waals surface area contributed by atoms with Gasteiger partial charge >= 0.3 is 5.97 Å². The van der Waals surface area contributed by atoms with Gasteiger partial charge in [-0.1, -0.05) is 0 Å². The summed E-state index contributed by atoms with van der Waals surface area (Å²) >= 11 is 0. The minimum Gasteiger partial charge on any atom is -0.480 e. The number of nitrogens with one attached hydrogen (secondary N) is 2. The molecule has 0 heterocycles. The molecule has 7 heteroatoms. The fourth-order valence-electron chi connectivity index (χ4n) is 0.995. The van der Waals surface area contributed by atoms with Crippen molar-refractivity contribution in [2.45, 2.75) is 58.2 Å². The molecule has 5 N–H and O–H groups in total. The number of amides is 2. The van der Waals surface area contributed by atoms with Crippen LogP contribution in [0.3, 0.4) is 0 Å². The van der Waals surface area contributed by atoms with Crippen molar-refractivity contribution < 1.29 is 19.5 Å². The summed E-state index contributed by atoms with van der Waals surface area (Å²) in [6.07, 6.45) is 0. The molecular formula is C12H23N3O4. The summed E-state index contributed by atoms with van der Waals surface area (Å²) in [7, 11) is 0. The lowest BCUT2D eigenvalue weighted by Crippen LogP contribution is -2.64. The summed E-state index contributed by atoms with van der Waals surface area (Å²) in [6, 6.07) is 0. The molecule has 0 aromatic heterocycles. The van der Waals surface area contributed by atoms with Gasteiger partial charge in [-0.15, -0.1) is 0 Å². The number of hydrogen-bond donors (Lipinski definition) is 4. The number of rotatable bonds is 5. The third kappa shape index (κ3) is 4.86. The maximum Gasteiger partial charge on any atom is 0.328 e. The van der Waals surface area contributed by atoms with Crippen molar-refractivity contribution in [1.29, 1.82) is 0 Å². The number of hydrogen-bond acceptors (Lipinski definition) is 4. The molecular weight excluding hydrogens is 250 g/mol. The van der Waals surface area contributed by atoms with Crippen molar-refractivity contribution in [3.8, 4) is 0 Å². The Kier molecular flexibility index (Phi) is 4.72. The van der Waals surface area contributed by atoms with Crippen molar-refractivity contribution in [2.75, 3.05) is 0 Å². The minimum atomic E-state index is -1.42. The van der Waals surface area contributed by atoms with Gasteiger partial charge in [0.25, 0.3) is 0 Å². The van der Waals surface area contributed by atoms with Crippen LogP contribution in [0.25, 0.3) is 0 Å². The van der Waals surface area contributed by atoms with E-state index in [0.29, 0.717) is 0 Å². The van der Waals surface area contributed by atoms with Crippen LogP contribution in [0.15, 0.2) is 0 Å². The van der Waals surface area contributed by atoms with Crippen LogP contribution in [0, 0.1) is 0 Å². The van der Waals surface area contributed by atoms with Gasteiger partial charge in [-0.25, -0.2) is 4.79 Å². The molecule has 0 aliphatic carbocycles. The highest BCUT2D eigenvalue weighted by Gasteiger charge is 2.38. The Morgan fingerprint density at radius 2 is 1.21 bits per heavy atom. The van der Waals surface area contributed by atoms with E-state index < -0.39 is 34.4 Å². The van der Waals surface area contributed by atoms with Gasteiger partial charge < -0.3 is 21.5 Å². The smallest absolute Gasteiger partial charge is 0.328 e. The normalized spacial score (nSPS) is 12.8. The third-order valence-electron chi connectivity index (χ3n) is 2.54. The molecule has 0 fully saturated rings. The number of carboxylic acid groups (broad SMARTS) is 1. The summed E-state index contributed by atoms with van der Waals surface area (Å²) in [4.78, 5) is 34.7. The molecule has 0 aromatic carbocycles. The zero-order valence-electron chi connectivity index (χ0n) is 12.2. The zero-order valence-corrected chi connectivity index (χ0v) is 12.2. The van der Waals surface area contributed by atoms with Gasteiger partial charge in [-0.05, 0) is 41.5 Å². The lowest BCUT2D eigenvalue weighted by atomic mass is 9.97. The van der Waals surface area contributed by atoms with Gasteiger partial charge in [0, 0.05) is 0 Å². The minimum absolute atomic E-state index is 0.499. The van der Waals surface area contributed by atoms with Crippen LogP contribution in [0.5, 0.6) is 0 Å². The number of nitrogens with two attached hydrogens (primary N) is 1. The Morgan fingerprint density at radius 3 is 1.53 bits per heavy atom. The summed E-state index contributed by atoms with van der Waals surface area (Å²) in [6.45, 7) is 8.69. The summed E-state index contributed by atoms with van der Waals surface area (Å²) in [5.74, 6) is -2.26. The zero-order chi connectivity index (χ0) is 15.6. The Morgan fingerprint density at radius 1 is 0.842 bits per heavy atom. The van der Waals surface area contributed by atoms with Crippen LogP contribution >= 0.6 is 0 Å². The fourth-order valence-corrected chi connectivity index (χ4v) is 0.995. The molecule has 0 rings (SSSR count). The highest BCUT2D eigenvalue weighted by Crippen LogP contribution is 2.10. The fraction of sp³-hybridized carbons (Fsp3) is 0.750. The van der Waals surface area contributed by atoms with Crippen LogP contribution in [-0.4, -0.2) is 39.5 Å². The predicted molar refractivity (Wildman–Crippen MR) is 70.3 cm³/mol. The van der Waals surface area contributed by atoms with Gasteiger partial charge in [0.05, 0.1) is 5.54 Å². The molecule has 110 valence electrons. The quantitative estimate of drug-likeness (QED) is 0.543. The Labute approximate surface area is 112 Å². The second-order valence-electron chi connectivity index (χ2n) is 6.19. The number of carbonyl (C=O) groups is 3. The molecule has 7 nitrogen and oxygen atoms in total. The third-order valence-corrected chi connectivity index (χ3v) is 2.54. The van der Waals surface area contributed by atoms with Crippen molar-refractivity contribution in [3.05, 3.63) is 0 Å². The van der Waals surface area contributed by atoms with E-state index >= 15 is 0 Å². The summed E-state index contributed by atoms with van der Waals surface area (Å²) in [5.41, 5.74) is 1.82. The molecule has 0 saturated heterocycles. The van der Waals surface area contributed by atoms with Gasteiger partial charge in [0.1, 0.15) is 11.1 Å². The molecule has 0 saturated carbocycles. The van der Waals surface area contributed by atoms with Gasteiger partial charge in [-0.3, -0.25) is 9.59 Å². The molecule has 0 aromatic rings. The van der Waals surface area contributed by atoms with Crippen molar-refractivity contribution in [1.82, 2.24) is 10.6 Å². The molecule has 0 spiro atoms. The molecule has 0 bridgehead atoms. The standard InChI is InChI=1S/C12H23N3O4/c1-10(2,13)7(16)14-11(3,4)8(17)15-12(5,6)9(18)19/h13H2,1-6H3,(H,14,16)(H,15,17)(H,18,19). The average molecular weight is 273 g/mol. The van der Waals surface area contributed by atoms with Crippen molar-refractivity contribution >= 4 is 17.8 Å². The molecule has 2 amide bonds. The first-order valence-corrected chi connectivity index (χ1v) is 5.87. The summed E-state index contributed by atoms with van der Waals surface area (Å²) in [5, 5.41) is 13.8. The summed E-state index contributed by atoms with van der Waals surface area (Å²) < 4.78 is 0. The van der Waals surface area contributed by atoms with Crippen molar-refractivity contribution in [3.63, 3.8) is 0 Å². The van der Waals surface area contributed by atoms with E-state index in [1.807, 2.05) is 0 Å². The molecule has 0 aliphatic heterocycles. The van der Waals surface area contributed by atoms with E-state index in [2.05, 4.69) is 10.6 Å². The highest BCUT2D eigenvalue weighted by molar-refractivity contribution is 5.96. The first-order valence-electron chi connectivity index (χ1n) is 5.87. The van der Waals surface area contributed by atoms with E-state index in [0.717, 1.165) is 0 Å². The largest absolute Gasteiger partial charge is 0.480 e. The molecule has 0 atom stereocenters. The van der Waals surface area contributed by atoms with Crippen LogP contribution < -0.4 is 16.4 Å². The predicted octanol–water partition coefficient (Wildman–Crippen LogP) is -0.402. The highest BCUT2D eigenvalue weighted by atomic mass is 16.4. The van der Waals surface area contributed by atoms with Gasteiger partial charge in [-0.2, -0.15) is 0 Å². The topological polar surface area (TPSA) is 122 Å². The Bertz CT molecular complexity index is 394. The lowest BCUT2D eigenvalue weighted by Gasteiger charge is -2.32. The monoisotopic (exact) mass is 273 g/mol. The molecule has 0 radical (unpaired) electrons.